The molecular weight excluding hydrogens is 234 g/mol. The van der Waals surface area contributed by atoms with Gasteiger partial charge in [-0.3, -0.25) is 0 Å². The lowest BCUT2D eigenvalue weighted by molar-refractivity contribution is -0.136. The fourth-order valence-corrected chi connectivity index (χ4v) is 2.30. The van der Waals surface area contributed by atoms with Gasteiger partial charge in [0.2, 0.25) is 0 Å². The lowest BCUT2D eigenvalue weighted by Gasteiger charge is -2.01. The van der Waals surface area contributed by atoms with Crippen molar-refractivity contribution in [2.24, 2.45) is 0 Å². The first-order valence-corrected chi connectivity index (χ1v) is 6.52. The van der Waals surface area contributed by atoms with Crippen LogP contribution in [0.4, 0.5) is 0 Å². The van der Waals surface area contributed by atoms with E-state index in [0.717, 1.165) is 13.0 Å². The van der Waals surface area contributed by atoms with Crippen LogP contribution in [0.5, 0.6) is 0 Å². The van der Waals surface area contributed by atoms with Crippen molar-refractivity contribution in [1.29, 1.82) is 0 Å². The van der Waals surface area contributed by atoms with Crippen molar-refractivity contribution < 1.29 is 9.53 Å². The quantitative estimate of drug-likeness (QED) is 0.481. The maximum Gasteiger partial charge on any atom is 0.333 e. The number of methoxy groups -OCH3 is 1. The summed E-state index contributed by atoms with van der Waals surface area (Å²) in [4.78, 5) is 13.8. The Morgan fingerprint density at radius 3 is 2.76 bits per heavy atom. The van der Waals surface area contributed by atoms with Crippen LogP contribution in [0.1, 0.15) is 23.6 Å². The predicted molar refractivity (Wildman–Crippen MR) is 71.2 cm³/mol. The van der Waals surface area contributed by atoms with Crippen LogP contribution in [0.2, 0.25) is 0 Å². The first-order valence-electron chi connectivity index (χ1n) is 5.70. The molecule has 0 saturated heterocycles. The summed E-state index contributed by atoms with van der Waals surface area (Å²) in [6, 6.07) is 4.31. The van der Waals surface area contributed by atoms with Gasteiger partial charge in [0.05, 0.1) is 7.11 Å². The molecule has 17 heavy (non-hydrogen) atoms. The summed E-state index contributed by atoms with van der Waals surface area (Å²) in [6.07, 6.45) is 2.94. The van der Waals surface area contributed by atoms with Crippen LogP contribution in [0.15, 0.2) is 23.8 Å². The number of carbonyl (C=O) groups excluding carboxylic acids is 1. The van der Waals surface area contributed by atoms with E-state index in [1.165, 1.54) is 16.9 Å². The largest absolute Gasteiger partial charge is 0.466 e. The average Bonchev–Trinajstić information content (AvgIpc) is 2.81. The Bertz CT molecular complexity index is 396. The van der Waals surface area contributed by atoms with Crippen molar-refractivity contribution in [3.05, 3.63) is 33.5 Å². The molecule has 1 heterocycles. The zero-order valence-corrected chi connectivity index (χ0v) is 11.4. The highest BCUT2D eigenvalue weighted by molar-refractivity contribution is 7.11. The van der Waals surface area contributed by atoms with Crippen molar-refractivity contribution in [2.75, 3.05) is 13.7 Å². The number of rotatable bonds is 6. The van der Waals surface area contributed by atoms with Crippen LogP contribution in [0, 0.1) is 0 Å². The van der Waals surface area contributed by atoms with Crippen LogP contribution in [0.25, 0.3) is 0 Å². The van der Waals surface area contributed by atoms with Crippen LogP contribution in [-0.4, -0.2) is 19.6 Å². The molecule has 0 unspecified atom stereocenters. The molecule has 0 bridgehead atoms. The van der Waals surface area contributed by atoms with Gasteiger partial charge in [0.1, 0.15) is 0 Å². The fraction of sp³-hybridized carbons (Fsp3) is 0.462. The molecule has 0 amide bonds. The second-order valence-corrected chi connectivity index (χ2v) is 4.98. The van der Waals surface area contributed by atoms with Gasteiger partial charge >= 0.3 is 5.97 Å². The van der Waals surface area contributed by atoms with Crippen molar-refractivity contribution in [1.82, 2.24) is 5.32 Å². The molecule has 0 aliphatic rings. The lowest BCUT2D eigenvalue weighted by Crippen LogP contribution is -2.13. The smallest absolute Gasteiger partial charge is 0.333 e. The van der Waals surface area contributed by atoms with Gasteiger partial charge in [-0.25, -0.2) is 4.79 Å². The van der Waals surface area contributed by atoms with Crippen molar-refractivity contribution >= 4 is 17.3 Å². The second kappa shape index (κ2) is 7.25. The highest BCUT2D eigenvalue weighted by atomic mass is 32.1. The highest BCUT2D eigenvalue weighted by Crippen LogP contribution is 2.16. The first-order chi connectivity index (χ1) is 8.17. The van der Waals surface area contributed by atoms with Gasteiger partial charge in [0.15, 0.2) is 0 Å². The van der Waals surface area contributed by atoms with Gasteiger partial charge in [0, 0.05) is 28.4 Å². The third-order valence-corrected chi connectivity index (χ3v) is 3.65. The summed E-state index contributed by atoms with van der Waals surface area (Å²) in [5.41, 5.74) is 0.639. The Kier molecular flexibility index (Phi) is 5.94. The van der Waals surface area contributed by atoms with Crippen LogP contribution >= 0.6 is 11.3 Å². The summed E-state index contributed by atoms with van der Waals surface area (Å²) in [5, 5.41) is 3.28. The van der Waals surface area contributed by atoms with Crippen molar-refractivity contribution in [3.63, 3.8) is 0 Å². The van der Waals surface area contributed by atoms with Crippen LogP contribution < -0.4 is 5.32 Å². The van der Waals surface area contributed by atoms with E-state index in [1.54, 1.807) is 6.92 Å². The van der Waals surface area contributed by atoms with E-state index < -0.39 is 0 Å². The number of thiophene rings is 1. The molecule has 0 spiro atoms. The molecule has 0 aliphatic heterocycles. The zero-order valence-electron chi connectivity index (χ0n) is 10.6. The Hall–Kier alpha value is -1.13. The molecule has 0 radical (unpaired) electrons. The number of ether oxygens (including phenoxy) is 1. The maximum atomic E-state index is 11.1. The molecule has 0 atom stereocenters. The number of carbonyl (C=O) groups is 1. The standard InChI is InChI=1S/C13H19NO2S/c1-4-11-5-6-12(17-11)9-14-8-7-10(2)13(15)16-3/h5-7,14H,4,8-9H2,1-3H3/b10-7-. The molecule has 0 aliphatic carbocycles. The summed E-state index contributed by atoms with van der Waals surface area (Å²) >= 11 is 1.83. The van der Waals surface area contributed by atoms with Gasteiger partial charge in [0.25, 0.3) is 0 Å². The Labute approximate surface area is 106 Å². The van der Waals surface area contributed by atoms with Gasteiger partial charge in [-0.05, 0) is 25.5 Å². The number of aryl methyl sites for hydroxylation is 1. The molecule has 0 fully saturated rings. The van der Waals surface area contributed by atoms with Crippen LogP contribution in [0.3, 0.4) is 0 Å². The molecule has 0 saturated carbocycles. The van der Waals surface area contributed by atoms with E-state index >= 15 is 0 Å². The first kappa shape index (κ1) is 13.9. The summed E-state index contributed by atoms with van der Waals surface area (Å²) < 4.78 is 4.61. The Morgan fingerprint density at radius 2 is 2.18 bits per heavy atom. The molecule has 3 nitrogen and oxygen atoms in total. The predicted octanol–water partition coefficient (Wildman–Crippen LogP) is 2.52. The lowest BCUT2D eigenvalue weighted by atomic mass is 10.3. The Balaban J connectivity index is 2.30. The van der Waals surface area contributed by atoms with Crippen LogP contribution in [-0.2, 0) is 22.5 Å². The SMILES string of the molecule is CCc1ccc(CNC/C=C(/C)C(=O)OC)s1. The summed E-state index contributed by atoms with van der Waals surface area (Å²) in [7, 11) is 1.39. The minimum absolute atomic E-state index is 0.267. The third-order valence-electron chi connectivity index (χ3n) is 2.42. The normalized spacial score (nSPS) is 11.6. The van der Waals surface area contributed by atoms with Gasteiger partial charge < -0.3 is 10.1 Å². The number of nitrogens with one attached hydrogen (secondary N) is 1. The monoisotopic (exact) mass is 253 g/mol. The van der Waals surface area contributed by atoms with E-state index in [1.807, 2.05) is 17.4 Å². The second-order valence-electron chi connectivity index (χ2n) is 3.73. The number of hydrogen-bond acceptors (Lipinski definition) is 4. The van der Waals surface area contributed by atoms with Gasteiger partial charge in [-0.1, -0.05) is 13.0 Å². The van der Waals surface area contributed by atoms with Crippen molar-refractivity contribution in [3.8, 4) is 0 Å². The summed E-state index contributed by atoms with van der Waals surface area (Å²) in [5.74, 6) is -0.267. The van der Waals surface area contributed by atoms with Gasteiger partial charge in [-0.2, -0.15) is 0 Å². The van der Waals surface area contributed by atoms with Crippen molar-refractivity contribution in [2.45, 2.75) is 26.8 Å². The minimum Gasteiger partial charge on any atom is -0.466 e. The minimum atomic E-state index is -0.267. The molecule has 1 N–H and O–H groups in total. The fourth-order valence-electron chi connectivity index (χ4n) is 1.37. The maximum absolute atomic E-state index is 11.1. The number of esters is 1. The average molecular weight is 253 g/mol. The zero-order chi connectivity index (χ0) is 12.7. The van der Waals surface area contributed by atoms with E-state index in [-0.39, 0.29) is 5.97 Å². The molecule has 4 heteroatoms. The highest BCUT2D eigenvalue weighted by Gasteiger charge is 2.01. The molecule has 0 aromatic carbocycles. The molecule has 94 valence electrons. The van der Waals surface area contributed by atoms with E-state index in [4.69, 9.17) is 0 Å². The third kappa shape index (κ3) is 4.71. The Morgan fingerprint density at radius 1 is 1.47 bits per heavy atom. The van der Waals surface area contributed by atoms with Gasteiger partial charge in [-0.15, -0.1) is 11.3 Å². The van der Waals surface area contributed by atoms with E-state index in [2.05, 4.69) is 29.1 Å². The topological polar surface area (TPSA) is 38.3 Å². The molecule has 1 aromatic rings. The molecular formula is C13H19NO2S. The summed E-state index contributed by atoms with van der Waals surface area (Å²) in [6.45, 7) is 5.44. The molecule has 1 aromatic heterocycles. The van der Waals surface area contributed by atoms with E-state index in [0.29, 0.717) is 12.1 Å². The molecule has 1 rings (SSSR count). The van der Waals surface area contributed by atoms with E-state index in [9.17, 15) is 4.79 Å². The number of hydrogen-bond donors (Lipinski definition) is 1.